The lowest BCUT2D eigenvalue weighted by molar-refractivity contribution is 0.0356. The summed E-state index contributed by atoms with van der Waals surface area (Å²) in [5, 5.41) is 0.767. The molecule has 6 nitrogen and oxygen atoms in total. The highest BCUT2D eigenvalue weighted by Crippen LogP contribution is 2.30. The van der Waals surface area contributed by atoms with Crippen molar-refractivity contribution in [2.24, 2.45) is 5.90 Å². The van der Waals surface area contributed by atoms with Crippen LogP contribution in [-0.4, -0.2) is 49.1 Å². The topological polar surface area (TPSA) is 63.0 Å². The zero-order valence-electron chi connectivity index (χ0n) is 18.7. The predicted molar refractivity (Wildman–Crippen MR) is 132 cm³/mol. The molecule has 1 aliphatic heterocycles. The van der Waals surface area contributed by atoms with Gasteiger partial charge in [-0.2, -0.15) is 11.4 Å². The number of hydroxylamine groups is 1. The normalized spacial score (nSPS) is 15.9. The lowest BCUT2D eigenvalue weighted by Crippen LogP contribution is -2.48. The van der Waals surface area contributed by atoms with Crippen LogP contribution in [0.5, 0.6) is 5.75 Å². The molecule has 3 aromatic carbocycles. The van der Waals surface area contributed by atoms with Gasteiger partial charge >= 0.3 is 0 Å². The number of hydrogen-bond donors (Lipinski definition) is 2. The molecular weight excluding hydrogens is 436 g/mol. The maximum absolute atomic E-state index is 6.15. The third-order valence-electron chi connectivity index (χ3n) is 6.06. The van der Waals surface area contributed by atoms with E-state index in [9.17, 15) is 0 Å². The van der Waals surface area contributed by atoms with Gasteiger partial charge in [-0.3, -0.25) is 9.80 Å². The van der Waals surface area contributed by atoms with E-state index in [1.54, 1.807) is 0 Å². The van der Waals surface area contributed by atoms with E-state index < -0.39 is 0 Å². The average Bonchev–Trinajstić information content (AvgIpc) is 2.86. The van der Waals surface area contributed by atoms with Crippen molar-refractivity contribution in [1.29, 1.82) is 0 Å². The molecule has 33 heavy (non-hydrogen) atoms. The van der Waals surface area contributed by atoms with E-state index in [2.05, 4.69) is 62.7 Å². The number of ether oxygens (including phenoxy) is 1. The SMILES string of the molecule is NONCc1ccccc1OCCN1CCN([C@H](c2ccccc2)c2ccc(Cl)cc2)CC1. The minimum absolute atomic E-state index is 0.228. The molecule has 0 saturated carbocycles. The van der Waals surface area contributed by atoms with Gasteiger partial charge < -0.3 is 4.74 Å². The first-order valence-electron chi connectivity index (χ1n) is 11.3. The summed E-state index contributed by atoms with van der Waals surface area (Å²) in [5.74, 6) is 5.92. The van der Waals surface area contributed by atoms with Crippen molar-refractivity contribution in [1.82, 2.24) is 15.3 Å². The van der Waals surface area contributed by atoms with Crippen molar-refractivity contribution in [3.8, 4) is 5.75 Å². The Morgan fingerprint density at radius 3 is 2.24 bits per heavy atom. The molecule has 3 aromatic rings. The van der Waals surface area contributed by atoms with E-state index in [0.717, 1.165) is 49.1 Å². The first-order chi connectivity index (χ1) is 16.2. The van der Waals surface area contributed by atoms with Crippen molar-refractivity contribution in [3.05, 3.63) is 101 Å². The van der Waals surface area contributed by atoms with Crippen molar-refractivity contribution >= 4 is 11.6 Å². The van der Waals surface area contributed by atoms with Crippen LogP contribution in [0.2, 0.25) is 5.02 Å². The fourth-order valence-corrected chi connectivity index (χ4v) is 4.46. The van der Waals surface area contributed by atoms with Crippen LogP contribution in [0.3, 0.4) is 0 Å². The highest BCUT2D eigenvalue weighted by molar-refractivity contribution is 6.30. The molecule has 1 aliphatic rings. The van der Waals surface area contributed by atoms with Gasteiger partial charge in [0.1, 0.15) is 12.4 Å². The molecule has 1 atom stereocenters. The summed E-state index contributed by atoms with van der Waals surface area (Å²) < 4.78 is 6.06. The van der Waals surface area contributed by atoms with Gasteiger partial charge in [0.05, 0.1) is 12.6 Å². The van der Waals surface area contributed by atoms with Gasteiger partial charge in [0.2, 0.25) is 0 Å². The number of piperazine rings is 1. The summed E-state index contributed by atoms with van der Waals surface area (Å²) in [5.41, 5.74) is 6.26. The number of halogens is 1. The molecule has 174 valence electrons. The number of para-hydroxylation sites is 1. The van der Waals surface area contributed by atoms with Crippen LogP contribution in [0.15, 0.2) is 78.9 Å². The Bertz CT molecular complexity index is 979. The molecule has 0 amide bonds. The zero-order chi connectivity index (χ0) is 22.9. The fourth-order valence-electron chi connectivity index (χ4n) is 4.33. The molecule has 0 aromatic heterocycles. The van der Waals surface area contributed by atoms with Crippen LogP contribution >= 0.6 is 11.6 Å². The highest BCUT2D eigenvalue weighted by atomic mass is 35.5. The molecule has 4 rings (SSSR count). The van der Waals surface area contributed by atoms with Gasteiger partial charge in [-0.05, 0) is 29.3 Å². The summed E-state index contributed by atoms with van der Waals surface area (Å²) >= 11 is 6.15. The van der Waals surface area contributed by atoms with Gasteiger partial charge in [0.25, 0.3) is 0 Å². The van der Waals surface area contributed by atoms with Crippen molar-refractivity contribution in [3.63, 3.8) is 0 Å². The second-order valence-electron chi connectivity index (χ2n) is 8.14. The van der Waals surface area contributed by atoms with Gasteiger partial charge in [0.15, 0.2) is 0 Å². The Morgan fingerprint density at radius 1 is 0.848 bits per heavy atom. The van der Waals surface area contributed by atoms with Crippen LogP contribution in [-0.2, 0) is 11.5 Å². The van der Waals surface area contributed by atoms with Crippen LogP contribution in [0, 0.1) is 0 Å². The Morgan fingerprint density at radius 2 is 1.52 bits per heavy atom. The van der Waals surface area contributed by atoms with E-state index in [-0.39, 0.29) is 6.04 Å². The standard InChI is InChI=1S/C26H31ClN4O2/c27-24-12-10-22(11-13-24)26(21-6-2-1-3-7-21)31-16-14-30(15-17-31)18-19-32-25-9-5-4-8-23(25)20-29-33-28/h1-13,26,29H,14-20,28H2/t26-/m1/s1. The van der Waals surface area contributed by atoms with E-state index >= 15 is 0 Å². The lowest BCUT2D eigenvalue weighted by Gasteiger charge is -2.39. The monoisotopic (exact) mass is 466 g/mol. The van der Waals surface area contributed by atoms with Crippen molar-refractivity contribution in [2.75, 3.05) is 39.3 Å². The molecule has 3 N–H and O–H groups in total. The quantitative estimate of drug-likeness (QED) is 0.440. The Labute approximate surface area is 200 Å². The van der Waals surface area contributed by atoms with Crippen LogP contribution < -0.4 is 16.1 Å². The number of rotatable bonds is 10. The number of benzene rings is 3. The van der Waals surface area contributed by atoms with Gasteiger partial charge in [-0.15, -0.1) is 0 Å². The van der Waals surface area contributed by atoms with Crippen molar-refractivity contribution < 1.29 is 9.68 Å². The number of nitrogens with one attached hydrogen (secondary N) is 1. The molecule has 0 radical (unpaired) electrons. The summed E-state index contributed by atoms with van der Waals surface area (Å²) in [6, 6.07) is 27.1. The van der Waals surface area contributed by atoms with E-state index in [1.165, 1.54) is 11.1 Å². The van der Waals surface area contributed by atoms with E-state index in [4.69, 9.17) is 22.2 Å². The van der Waals surface area contributed by atoms with Crippen LogP contribution in [0.1, 0.15) is 22.7 Å². The molecule has 0 aliphatic carbocycles. The molecule has 1 heterocycles. The second-order valence-corrected chi connectivity index (χ2v) is 8.57. The zero-order valence-corrected chi connectivity index (χ0v) is 19.5. The van der Waals surface area contributed by atoms with E-state index in [1.807, 2.05) is 36.4 Å². The first kappa shape index (κ1) is 23.7. The Hall–Kier alpha value is -2.45. The molecule has 1 saturated heterocycles. The van der Waals surface area contributed by atoms with Crippen LogP contribution in [0.4, 0.5) is 0 Å². The van der Waals surface area contributed by atoms with Gasteiger partial charge in [-0.1, -0.05) is 72.3 Å². The maximum atomic E-state index is 6.15. The molecule has 0 bridgehead atoms. The number of hydrogen-bond acceptors (Lipinski definition) is 6. The summed E-state index contributed by atoms with van der Waals surface area (Å²) in [7, 11) is 0. The maximum Gasteiger partial charge on any atom is 0.123 e. The molecule has 0 unspecified atom stereocenters. The molecular formula is C26H31ClN4O2. The number of nitrogens with zero attached hydrogens (tertiary/aromatic N) is 2. The van der Waals surface area contributed by atoms with E-state index in [0.29, 0.717) is 13.2 Å². The minimum atomic E-state index is 0.228. The second kappa shape index (κ2) is 12.1. The van der Waals surface area contributed by atoms with Crippen LogP contribution in [0.25, 0.3) is 0 Å². The molecule has 7 heteroatoms. The predicted octanol–water partition coefficient (Wildman–Crippen LogP) is 4.02. The third-order valence-corrected chi connectivity index (χ3v) is 6.31. The Kier molecular flexibility index (Phi) is 8.72. The summed E-state index contributed by atoms with van der Waals surface area (Å²) in [6.07, 6.45) is 0. The fraction of sp³-hybridized carbons (Fsp3) is 0.308. The van der Waals surface area contributed by atoms with Gasteiger partial charge in [0, 0.05) is 43.3 Å². The smallest absolute Gasteiger partial charge is 0.123 e. The van der Waals surface area contributed by atoms with Gasteiger partial charge in [-0.25, -0.2) is 4.94 Å². The summed E-state index contributed by atoms with van der Waals surface area (Å²) in [6.45, 7) is 6.03. The lowest BCUT2D eigenvalue weighted by atomic mass is 9.96. The minimum Gasteiger partial charge on any atom is -0.492 e. The Balaban J connectivity index is 1.33. The molecule has 1 fully saturated rings. The summed E-state index contributed by atoms with van der Waals surface area (Å²) in [4.78, 5) is 9.50. The molecule has 0 spiro atoms. The van der Waals surface area contributed by atoms with Crippen molar-refractivity contribution in [2.45, 2.75) is 12.6 Å². The first-order valence-corrected chi connectivity index (χ1v) is 11.7. The largest absolute Gasteiger partial charge is 0.492 e. The third kappa shape index (κ3) is 6.54. The highest BCUT2D eigenvalue weighted by Gasteiger charge is 2.26. The average molecular weight is 467 g/mol. The number of nitrogens with two attached hydrogens (primary N) is 1.